The average Bonchev–Trinajstić information content (AvgIpc) is 2.67. The fourth-order valence-corrected chi connectivity index (χ4v) is 2.39. The molecule has 0 aliphatic heterocycles. The second-order valence-corrected chi connectivity index (χ2v) is 5.49. The van der Waals surface area contributed by atoms with Gasteiger partial charge >= 0.3 is 0 Å². The van der Waals surface area contributed by atoms with Crippen molar-refractivity contribution in [2.45, 2.75) is 6.42 Å². The van der Waals surface area contributed by atoms with Crippen LogP contribution in [0.2, 0.25) is 0 Å². The van der Waals surface area contributed by atoms with Crippen molar-refractivity contribution < 1.29 is 24.1 Å². The van der Waals surface area contributed by atoms with Crippen LogP contribution in [0, 0.1) is 0 Å². The Kier molecular flexibility index (Phi) is 6.91. The van der Waals surface area contributed by atoms with Crippen molar-refractivity contribution >= 4 is 12.0 Å². The van der Waals surface area contributed by atoms with Gasteiger partial charge < -0.3 is 24.6 Å². The van der Waals surface area contributed by atoms with Crippen molar-refractivity contribution in [3.05, 3.63) is 53.6 Å². The highest BCUT2D eigenvalue weighted by Gasteiger charge is 2.05. The van der Waals surface area contributed by atoms with E-state index in [0.29, 0.717) is 30.2 Å². The molecule has 6 heteroatoms. The van der Waals surface area contributed by atoms with Gasteiger partial charge in [-0.25, -0.2) is 0 Å². The summed E-state index contributed by atoms with van der Waals surface area (Å²) < 4.78 is 15.5. The van der Waals surface area contributed by atoms with Crippen LogP contribution in [0.25, 0.3) is 6.08 Å². The van der Waals surface area contributed by atoms with E-state index in [-0.39, 0.29) is 11.7 Å². The molecule has 0 radical (unpaired) electrons. The van der Waals surface area contributed by atoms with E-state index >= 15 is 0 Å². The van der Waals surface area contributed by atoms with E-state index in [0.717, 1.165) is 11.1 Å². The zero-order chi connectivity index (χ0) is 18.9. The molecule has 0 atom stereocenters. The van der Waals surface area contributed by atoms with E-state index in [1.54, 1.807) is 32.4 Å². The van der Waals surface area contributed by atoms with Crippen LogP contribution in [-0.4, -0.2) is 38.9 Å². The molecule has 26 heavy (non-hydrogen) atoms. The summed E-state index contributed by atoms with van der Waals surface area (Å²) in [6.07, 6.45) is 3.78. The highest BCUT2D eigenvalue weighted by molar-refractivity contribution is 5.91. The monoisotopic (exact) mass is 357 g/mol. The Morgan fingerprint density at radius 1 is 1.00 bits per heavy atom. The highest BCUT2D eigenvalue weighted by Crippen LogP contribution is 2.28. The molecule has 0 aromatic heterocycles. The molecule has 0 saturated carbocycles. The van der Waals surface area contributed by atoms with E-state index in [9.17, 15) is 9.90 Å². The number of rotatable bonds is 8. The quantitative estimate of drug-likeness (QED) is 0.711. The molecule has 0 spiro atoms. The third-order valence-corrected chi connectivity index (χ3v) is 3.79. The molecule has 138 valence electrons. The van der Waals surface area contributed by atoms with Gasteiger partial charge in [0.05, 0.1) is 21.3 Å². The molecule has 6 nitrogen and oxygen atoms in total. The first kappa shape index (κ1) is 19.2. The van der Waals surface area contributed by atoms with E-state index in [1.165, 1.54) is 19.3 Å². The van der Waals surface area contributed by atoms with Gasteiger partial charge in [-0.05, 0) is 47.9 Å². The third kappa shape index (κ3) is 5.17. The van der Waals surface area contributed by atoms with Crippen LogP contribution < -0.4 is 19.5 Å². The lowest BCUT2D eigenvalue weighted by molar-refractivity contribution is -0.116. The lowest BCUT2D eigenvalue weighted by atomic mass is 10.1. The Morgan fingerprint density at radius 3 is 2.42 bits per heavy atom. The van der Waals surface area contributed by atoms with Crippen molar-refractivity contribution in [1.82, 2.24) is 5.32 Å². The maximum Gasteiger partial charge on any atom is 0.244 e. The number of benzene rings is 2. The van der Waals surface area contributed by atoms with Crippen LogP contribution in [0.4, 0.5) is 0 Å². The molecule has 2 N–H and O–H groups in total. The van der Waals surface area contributed by atoms with Crippen LogP contribution in [-0.2, 0) is 11.2 Å². The highest BCUT2D eigenvalue weighted by atomic mass is 16.5. The summed E-state index contributed by atoms with van der Waals surface area (Å²) in [6.45, 7) is 0.498. The zero-order valence-electron chi connectivity index (χ0n) is 15.1. The first-order valence-corrected chi connectivity index (χ1v) is 8.11. The first-order chi connectivity index (χ1) is 12.6. The van der Waals surface area contributed by atoms with Gasteiger partial charge in [0.15, 0.2) is 23.0 Å². The molecule has 0 heterocycles. The summed E-state index contributed by atoms with van der Waals surface area (Å²) >= 11 is 0. The molecular formula is C20H23NO5. The molecule has 0 unspecified atom stereocenters. The third-order valence-electron chi connectivity index (χ3n) is 3.79. The van der Waals surface area contributed by atoms with Crippen molar-refractivity contribution in [3.8, 4) is 23.0 Å². The van der Waals surface area contributed by atoms with E-state index in [4.69, 9.17) is 14.2 Å². The molecule has 0 saturated heterocycles. The number of nitrogens with one attached hydrogen (secondary N) is 1. The molecule has 0 aliphatic rings. The van der Waals surface area contributed by atoms with E-state index in [2.05, 4.69) is 5.32 Å². The van der Waals surface area contributed by atoms with Gasteiger partial charge in [0.1, 0.15) is 0 Å². The predicted molar refractivity (Wildman–Crippen MR) is 100.0 cm³/mol. The molecule has 0 fully saturated rings. The summed E-state index contributed by atoms with van der Waals surface area (Å²) in [7, 11) is 4.66. The fraction of sp³-hybridized carbons (Fsp3) is 0.250. The number of carbonyl (C=O) groups excluding carboxylic acids is 1. The molecular weight excluding hydrogens is 334 g/mol. The lowest BCUT2D eigenvalue weighted by Crippen LogP contribution is -2.23. The topological polar surface area (TPSA) is 77.0 Å². The smallest absolute Gasteiger partial charge is 0.244 e. The van der Waals surface area contributed by atoms with Gasteiger partial charge in [-0.1, -0.05) is 12.1 Å². The minimum Gasteiger partial charge on any atom is -0.504 e. The van der Waals surface area contributed by atoms with Gasteiger partial charge in [0.2, 0.25) is 5.91 Å². The Hall–Kier alpha value is -3.15. The summed E-state index contributed by atoms with van der Waals surface area (Å²) in [6, 6.07) is 10.5. The van der Waals surface area contributed by atoms with Crippen molar-refractivity contribution in [2.24, 2.45) is 0 Å². The summed E-state index contributed by atoms with van der Waals surface area (Å²) in [5.41, 5.74) is 1.80. The summed E-state index contributed by atoms with van der Waals surface area (Å²) in [4.78, 5) is 11.9. The maximum absolute atomic E-state index is 11.9. The van der Waals surface area contributed by atoms with Gasteiger partial charge in [0.25, 0.3) is 0 Å². The Morgan fingerprint density at radius 2 is 1.73 bits per heavy atom. The summed E-state index contributed by atoms with van der Waals surface area (Å²) in [5.74, 6) is 1.56. The van der Waals surface area contributed by atoms with Gasteiger partial charge in [-0.3, -0.25) is 4.79 Å². The van der Waals surface area contributed by atoms with Crippen LogP contribution in [0.3, 0.4) is 0 Å². The minimum absolute atomic E-state index is 0.0593. The maximum atomic E-state index is 11.9. The van der Waals surface area contributed by atoms with Crippen molar-refractivity contribution in [1.29, 1.82) is 0 Å². The van der Waals surface area contributed by atoms with Crippen LogP contribution in [0.5, 0.6) is 23.0 Å². The molecule has 2 rings (SSSR count). The Bertz CT molecular complexity index is 786. The van der Waals surface area contributed by atoms with Crippen LogP contribution in [0.15, 0.2) is 42.5 Å². The SMILES string of the molecule is COc1cc(C=CC(=O)NCCc2ccc(OC)c(OC)c2)ccc1O. The normalized spacial score (nSPS) is 10.6. The number of amides is 1. The Labute approximate surface area is 153 Å². The second-order valence-electron chi connectivity index (χ2n) is 5.49. The molecule has 2 aromatic carbocycles. The lowest BCUT2D eigenvalue weighted by Gasteiger charge is -2.09. The van der Waals surface area contributed by atoms with Crippen LogP contribution >= 0.6 is 0 Å². The molecule has 0 aliphatic carbocycles. The summed E-state index contributed by atoms with van der Waals surface area (Å²) in [5, 5.41) is 12.4. The standard InChI is InChI=1S/C20H23NO5/c1-24-17-8-5-15(13-19(17)26-3)10-11-21-20(23)9-6-14-4-7-16(22)18(12-14)25-2/h4-9,12-13,22H,10-11H2,1-3H3,(H,21,23). The molecule has 0 bridgehead atoms. The number of hydrogen-bond acceptors (Lipinski definition) is 5. The number of hydrogen-bond donors (Lipinski definition) is 2. The second kappa shape index (κ2) is 9.36. The van der Waals surface area contributed by atoms with Gasteiger partial charge in [0, 0.05) is 12.6 Å². The number of methoxy groups -OCH3 is 3. The van der Waals surface area contributed by atoms with E-state index < -0.39 is 0 Å². The number of ether oxygens (including phenoxy) is 3. The molecule has 1 amide bonds. The largest absolute Gasteiger partial charge is 0.504 e. The predicted octanol–water partition coefficient (Wildman–Crippen LogP) is 2.79. The minimum atomic E-state index is -0.197. The van der Waals surface area contributed by atoms with Crippen molar-refractivity contribution in [3.63, 3.8) is 0 Å². The Balaban J connectivity index is 1.87. The van der Waals surface area contributed by atoms with Crippen molar-refractivity contribution in [2.75, 3.05) is 27.9 Å². The van der Waals surface area contributed by atoms with Gasteiger partial charge in [-0.2, -0.15) is 0 Å². The van der Waals surface area contributed by atoms with Crippen LogP contribution in [0.1, 0.15) is 11.1 Å². The zero-order valence-corrected chi connectivity index (χ0v) is 15.1. The number of phenols is 1. The fourth-order valence-electron chi connectivity index (χ4n) is 2.39. The number of phenolic OH excluding ortho intramolecular Hbond substituents is 1. The van der Waals surface area contributed by atoms with E-state index in [1.807, 2.05) is 18.2 Å². The van der Waals surface area contributed by atoms with Gasteiger partial charge in [-0.15, -0.1) is 0 Å². The number of aromatic hydroxyl groups is 1. The number of carbonyl (C=O) groups is 1. The molecule has 2 aromatic rings. The average molecular weight is 357 g/mol. The first-order valence-electron chi connectivity index (χ1n) is 8.11.